The molecule has 0 aliphatic carbocycles. The van der Waals surface area contributed by atoms with E-state index in [4.69, 9.17) is 4.74 Å². The van der Waals surface area contributed by atoms with Gasteiger partial charge in [0.25, 0.3) is 11.5 Å². The third kappa shape index (κ3) is 6.13. The second-order valence-corrected chi connectivity index (χ2v) is 7.00. The van der Waals surface area contributed by atoms with Gasteiger partial charge in [-0.25, -0.2) is 14.3 Å². The Balaban J connectivity index is 2.12. The number of aryl methyl sites for hydroxylation is 1. The second kappa shape index (κ2) is 10.4. The third-order valence-electron chi connectivity index (χ3n) is 4.04. The standard InChI is InChI=1S/C20H26N4O5/c1-4-5-10-24-18(26)15-9-7-6-8-14(15)17(23-24)19(27)29-12-16(25)22-20(28)21-11-13(2)3/h6-9,13H,4-5,10-12H2,1-3H3,(H2,21,22,25,28). The van der Waals surface area contributed by atoms with Gasteiger partial charge in [-0.15, -0.1) is 0 Å². The zero-order valence-corrected chi connectivity index (χ0v) is 16.9. The number of urea groups is 1. The monoisotopic (exact) mass is 402 g/mol. The summed E-state index contributed by atoms with van der Waals surface area (Å²) in [5.41, 5.74) is -0.335. The summed E-state index contributed by atoms with van der Waals surface area (Å²) in [6, 6.07) is 5.94. The summed E-state index contributed by atoms with van der Waals surface area (Å²) in [5.74, 6) is -1.37. The molecule has 1 aromatic heterocycles. The van der Waals surface area contributed by atoms with Gasteiger partial charge in [-0.05, 0) is 18.4 Å². The van der Waals surface area contributed by atoms with Crippen LogP contribution in [0, 0.1) is 5.92 Å². The van der Waals surface area contributed by atoms with Crippen molar-refractivity contribution in [2.24, 2.45) is 5.92 Å². The highest BCUT2D eigenvalue weighted by atomic mass is 16.5. The van der Waals surface area contributed by atoms with Gasteiger partial charge in [-0.2, -0.15) is 5.10 Å². The Bertz CT molecular complexity index is 952. The predicted molar refractivity (Wildman–Crippen MR) is 108 cm³/mol. The number of aromatic nitrogens is 2. The number of unbranched alkanes of at least 4 members (excludes halogenated alkanes) is 1. The maximum atomic E-state index is 12.5. The van der Waals surface area contributed by atoms with E-state index in [9.17, 15) is 19.2 Å². The Morgan fingerprint density at radius 1 is 1.17 bits per heavy atom. The van der Waals surface area contributed by atoms with E-state index >= 15 is 0 Å². The number of imide groups is 1. The Labute approximate surface area is 168 Å². The van der Waals surface area contributed by atoms with Crippen LogP contribution >= 0.6 is 0 Å². The second-order valence-electron chi connectivity index (χ2n) is 7.00. The Kier molecular flexibility index (Phi) is 7.88. The van der Waals surface area contributed by atoms with Gasteiger partial charge in [-0.3, -0.25) is 14.9 Å². The lowest BCUT2D eigenvalue weighted by Crippen LogP contribution is -2.42. The summed E-state index contributed by atoms with van der Waals surface area (Å²) in [4.78, 5) is 48.5. The number of rotatable bonds is 8. The highest BCUT2D eigenvalue weighted by Gasteiger charge is 2.19. The van der Waals surface area contributed by atoms with Crippen molar-refractivity contribution in [2.75, 3.05) is 13.2 Å². The Morgan fingerprint density at radius 3 is 2.52 bits per heavy atom. The van der Waals surface area contributed by atoms with Gasteiger partial charge in [0, 0.05) is 18.5 Å². The average molecular weight is 402 g/mol. The fraction of sp³-hybridized carbons (Fsp3) is 0.450. The van der Waals surface area contributed by atoms with Gasteiger partial charge in [-0.1, -0.05) is 45.4 Å². The molecule has 3 amide bonds. The highest BCUT2D eigenvalue weighted by Crippen LogP contribution is 2.14. The number of amides is 3. The molecule has 0 aliphatic heterocycles. The van der Waals surface area contributed by atoms with Gasteiger partial charge < -0.3 is 10.1 Å². The number of benzene rings is 1. The van der Waals surface area contributed by atoms with Gasteiger partial charge in [0.15, 0.2) is 12.3 Å². The van der Waals surface area contributed by atoms with E-state index in [0.29, 0.717) is 23.9 Å². The van der Waals surface area contributed by atoms with Gasteiger partial charge in [0.1, 0.15) is 0 Å². The van der Waals surface area contributed by atoms with Crippen LogP contribution in [0.25, 0.3) is 10.8 Å². The zero-order chi connectivity index (χ0) is 21.4. The van der Waals surface area contributed by atoms with E-state index in [-0.39, 0.29) is 17.2 Å². The van der Waals surface area contributed by atoms with Crippen molar-refractivity contribution in [3.05, 3.63) is 40.3 Å². The molecule has 9 heteroatoms. The topological polar surface area (TPSA) is 119 Å². The molecule has 0 bridgehead atoms. The number of fused-ring (bicyclic) bond motifs is 1. The average Bonchev–Trinajstić information content (AvgIpc) is 2.70. The van der Waals surface area contributed by atoms with Crippen LogP contribution < -0.4 is 16.2 Å². The van der Waals surface area contributed by atoms with Crippen LogP contribution in [0.5, 0.6) is 0 Å². The minimum atomic E-state index is -0.843. The van der Waals surface area contributed by atoms with Crippen LogP contribution in [-0.4, -0.2) is 40.8 Å². The van der Waals surface area contributed by atoms with Crippen molar-refractivity contribution in [1.29, 1.82) is 0 Å². The minimum absolute atomic E-state index is 0.0478. The number of hydrogen-bond donors (Lipinski definition) is 2. The summed E-state index contributed by atoms with van der Waals surface area (Å²) in [6.07, 6.45) is 1.59. The fourth-order valence-electron chi connectivity index (χ4n) is 2.55. The summed E-state index contributed by atoms with van der Waals surface area (Å²) in [7, 11) is 0. The Morgan fingerprint density at radius 2 is 1.86 bits per heavy atom. The van der Waals surface area contributed by atoms with Crippen molar-refractivity contribution in [3.63, 3.8) is 0 Å². The third-order valence-corrected chi connectivity index (χ3v) is 4.04. The van der Waals surface area contributed by atoms with Crippen molar-refractivity contribution in [1.82, 2.24) is 20.4 Å². The maximum Gasteiger partial charge on any atom is 0.359 e. The smallest absolute Gasteiger partial charge is 0.359 e. The maximum absolute atomic E-state index is 12.5. The summed E-state index contributed by atoms with van der Waals surface area (Å²) >= 11 is 0. The van der Waals surface area contributed by atoms with Gasteiger partial charge >= 0.3 is 12.0 Å². The van der Waals surface area contributed by atoms with Crippen molar-refractivity contribution in [3.8, 4) is 0 Å². The number of nitrogens with one attached hydrogen (secondary N) is 2. The lowest BCUT2D eigenvalue weighted by atomic mass is 10.1. The first-order valence-electron chi connectivity index (χ1n) is 9.58. The van der Waals surface area contributed by atoms with E-state index < -0.39 is 24.5 Å². The van der Waals surface area contributed by atoms with E-state index in [1.165, 1.54) is 4.68 Å². The molecule has 2 rings (SSSR count). The first-order chi connectivity index (χ1) is 13.8. The van der Waals surface area contributed by atoms with E-state index in [0.717, 1.165) is 12.8 Å². The molecule has 0 fully saturated rings. The van der Waals surface area contributed by atoms with E-state index in [2.05, 4.69) is 15.7 Å². The molecule has 0 atom stereocenters. The fourth-order valence-corrected chi connectivity index (χ4v) is 2.55. The molecule has 0 saturated carbocycles. The number of ether oxygens (including phenoxy) is 1. The number of carbonyl (C=O) groups excluding carboxylic acids is 3. The molecule has 2 aromatic rings. The van der Waals surface area contributed by atoms with Gasteiger partial charge in [0.05, 0.1) is 5.39 Å². The molecular formula is C20H26N4O5. The molecule has 1 aromatic carbocycles. The molecule has 29 heavy (non-hydrogen) atoms. The molecule has 156 valence electrons. The van der Waals surface area contributed by atoms with Crippen LogP contribution in [0.1, 0.15) is 44.1 Å². The van der Waals surface area contributed by atoms with Crippen LogP contribution in [0.3, 0.4) is 0 Å². The largest absolute Gasteiger partial charge is 0.451 e. The number of esters is 1. The summed E-state index contributed by atoms with van der Waals surface area (Å²) in [5, 5.41) is 9.46. The van der Waals surface area contributed by atoms with Gasteiger partial charge in [0.2, 0.25) is 0 Å². The minimum Gasteiger partial charge on any atom is -0.451 e. The van der Waals surface area contributed by atoms with Crippen LogP contribution in [0.4, 0.5) is 4.79 Å². The molecular weight excluding hydrogens is 376 g/mol. The quantitative estimate of drug-likeness (QED) is 0.650. The van der Waals surface area contributed by atoms with Crippen molar-refractivity contribution < 1.29 is 19.1 Å². The van der Waals surface area contributed by atoms with Crippen LogP contribution in [-0.2, 0) is 16.1 Å². The van der Waals surface area contributed by atoms with E-state index in [1.807, 2.05) is 20.8 Å². The van der Waals surface area contributed by atoms with E-state index in [1.54, 1.807) is 24.3 Å². The number of hydrogen-bond acceptors (Lipinski definition) is 6. The van der Waals surface area contributed by atoms with Crippen molar-refractivity contribution >= 4 is 28.7 Å². The number of carbonyl (C=O) groups is 3. The summed E-state index contributed by atoms with van der Waals surface area (Å²) < 4.78 is 6.25. The van der Waals surface area contributed by atoms with Crippen LogP contribution in [0.2, 0.25) is 0 Å². The molecule has 0 aliphatic rings. The molecule has 2 N–H and O–H groups in total. The molecule has 0 radical (unpaired) electrons. The number of nitrogens with zero attached hydrogens (tertiary/aromatic N) is 2. The van der Waals surface area contributed by atoms with Crippen molar-refractivity contribution in [2.45, 2.75) is 40.2 Å². The Hall–Kier alpha value is -3.23. The molecule has 9 nitrogen and oxygen atoms in total. The lowest BCUT2D eigenvalue weighted by molar-refractivity contribution is -0.123. The summed E-state index contributed by atoms with van der Waals surface area (Å²) in [6.45, 7) is 5.96. The lowest BCUT2D eigenvalue weighted by Gasteiger charge is -2.11. The first kappa shape index (κ1) is 22.1. The predicted octanol–water partition coefficient (Wildman–Crippen LogP) is 1.84. The first-order valence-corrected chi connectivity index (χ1v) is 9.58. The SMILES string of the molecule is CCCCn1nc(C(=O)OCC(=O)NC(=O)NCC(C)C)c2ccccc2c1=O. The normalized spacial score (nSPS) is 10.8. The highest BCUT2D eigenvalue weighted by molar-refractivity contribution is 6.03. The van der Waals surface area contributed by atoms with Crippen LogP contribution in [0.15, 0.2) is 29.1 Å². The molecule has 1 heterocycles. The molecule has 0 unspecified atom stereocenters. The zero-order valence-electron chi connectivity index (χ0n) is 16.9. The molecule has 0 spiro atoms. The molecule has 0 saturated heterocycles.